The molecule has 21 heavy (non-hydrogen) atoms. The predicted octanol–water partition coefficient (Wildman–Crippen LogP) is 1.81. The van der Waals surface area contributed by atoms with Crippen LogP contribution in [-0.4, -0.2) is 28.1 Å². The summed E-state index contributed by atoms with van der Waals surface area (Å²) in [5.74, 6) is -0.220. The Morgan fingerprint density at radius 2 is 2.05 bits per heavy atom. The van der Waals surface area contributed by atoms with Gasteiger partial charge in [0, 0.05) is 5.39 Å². The van der Waals surface area contributed by atoms with Gasteiger partial charge in [-0.3, -0.25) is 4.79 Å². The average molecular weight is 284 g/mol. The number of anilines is 1. The second kappa shape index (κ2) is 5.58. The second-order valence-electron chi connectivity index (χ2n) is 4.31. The number of carbonyl (C=O) groups excluding carboxylic acids is 1. The van der Waals surface area contributed by atoms with Crippen LogP contribution in [-0.2, 0) is 11.2 Å². The van der Waals surface area contributed by atoms with Crippen LogP contribution in [0.2, 0.25) is 0 Å². The van der Waals surface area contributed by atoms with E-state index in [0.29, 0.717) is 17.0 Å². The first kappa shape index (κ1) is 13.0. The summed E-state index contributed by atoms with van der Waals surface area (Å²) in [4.78, 5) is 19.8. The van der Waals surface area contributed by atoms with Crippen molar-refractivity contribution in [2.24, 2.45) is 0 Å². The SMILES string of the molecule is COc1ncc(NC(=O)Cc2noc3ccccc23)cn1. The van der Waals surface area contributed by atoms with Gasteiger partial charge in [0.05, 0.1) is 31.6 Å². The van der Waals surface area contributed by atoms with Crippen molar-refractivity contribution in [1.29, 1.82) is 0 Å². The normalized spacial score (nSPS) is 10.5. The lowest BCUT2D eigenvalue weighted by Gasteiger charge is -2.03. The topological polar surface area (TPSA) is 90.1 Å². The minimum absolute atomic E-state index is 0.114. The molecule has 106 valence electrons. The molecular formula is C14H12N4O3. The summed E-state index contributed by atoms with van der Waals surface area (Å²) in [6.45, 7) is 0. The molecule has 0 saturated heterocycles. The molecule has 0 saturated carbocycles. The molecule has 0 radical (unpaired) electrons. The fourth-order valence-electron chi connectivity index (χ4n) is 1.91. The van der Waals surface area contributed by atoms with Gasteiger partial charge in [0.25, 0.3) is 0 Å². The van der Waals surface area contributed by atoms with Gasteiger partial charge in [0.15, 0.2) is 5.58 Å². The summed E-state index contributed by atoms with van der Waals surface area (Å²) in [5, 5.41) is 7.44. The molecule has 0 unspecified atom stereocenters. The van der Waals surface area contributed by atoms with Crippen molar-refractivity contribution in [2.45, 2.75) is 6.42 Å². The van der Waals surface area contributed by atoms with Crippen LogP contribution in [0.5, 0.6) is 6.01 Å². The molecule has 7 nitrogen and oxygen atoms in total. The van der Waals surface area contributed by atoms with E-state index in [9.17, 15) is 4.79 Å². The van der Waals surface area contributed by atoms with Crippen molar-refractivity contribution < 1.29 is 14.1 Å². The molecule has 1 amide bonds. The highest BCUT2D eigenvalue weighted by atomic mass is 16.5. The number of para-hydroxylation sites is 1. The average Bonchev–Trinajstić information content (AvgIpc) is 2.91. The van der Waals surface area contributed by atoms with Gasteiger partial charge in [-0.1, -0.05) is 17.3 Å². The van der Waals surface area contributed by atoms with Gasteiger partial charge >= 0.3 is 6.01 Å². The van der Waals surface area contributed by atoms with Gasteiger partial charge < -0.3 is 14.6 Å². The first-order chi connectivity index (χ1) is 10.3. The van der Waals surface area contributed by atoms with E-state index in [4.69, 9.17) is 9.26 Å². The van der Waals surface area contributed by atoms with E-state index < -0.39 is 0 Å². The molecule has 3 aromatic rings. The number of amides is 1. The van der Waals surface area contributed by atoms with Gasteiger partial charge in [-0.25, -0.2) is 9.97 Å². The van der Waals surface area contributed by atoms with E-state index in [-0.39, 0.29) is 18.3 Å². The van der Waals surface area contributed by atoms with Gasteiger partial charge in [0.2, 0.25) is 5.91 Å². The number of rotatable bonds is 4. The van der Waals surface area contributed by atoms with Crippen LogP contribution < -0.4 is 10.1 Å². The highest BCUT2D eigenvalue weighted by Crippen LogP contribution is 2.18. The fraction of sp³-hybridized carbons (Fsp3) is 0.143. The van der Waals surface area contributed by atoms with Crippen LogP contribution in [0.1, 0.15) is 5.69 Å². The Morgan fingerprint density at radius 1 is 1.29 bits per heavy atom. The highest BCUT2D eigenvalue weighted by Gasteiger charge is 2.12. The van der Waals surface area contributed by atoms with E-state index in [1.165, 1.54) is 19.5 Å². The van der Waals surface area contributed by atoms with E-state index >= 15 is 0 Å². The molecular weight excluding hydrogens is 272 g/mol. The summed E-state index contributed by atoms with van der Waals surface area (Å²) in [5.41, 5.74) is 1.75. The molecule has 0 aliphatic heterocycles. The standard InChI is InChI=1S/C14H12N4O3/c1-20-14-15-7-9(8-16-14)17-13(19)6-11-10-4-2-3-5-12(10)21-18-11/h2-5,7-8H,6H2,1H3,(H,17,19). The third kappa shape index (κ3) is 2.81. The first-order valence-electron chi connectivity index (χ1n) is 6.25. The highest BCUT2D eigenvalue weighted by molar-refractivity contribution is 5.94. The molecule has 3 rings (SSSR count). The van der Waals surface area contributed by atoms with Gasteiger partial charge in [0.1, 0.15) is 5.69 Å². The lowest BCUT2D eigenvalue weighted by Crippen LogP contribution is -2.15. The number of hydrogen-bond acceptors (Lipinski definition) is 6. The summed E-state index contributed by atoms with van der Waals surface area (Å²) in [7, 11) is 1.48. The van der Waals surface area contributed by atoms with Gasteiger partial charge in [-0.05, 0) is 12.1 Å². The Bertz CT molecular complexity index is 767. The molecule has 0 atom stereocenters. The first-order valence-corrected chi connectivity index (χ1v) is 6.25. The number of benzene rings is 1. The maximum absolute atomic E-state index is 12.0. The molecule has 0 bridgehead atoms. The molecule has 0 aliphatic rings. The lowest BCUT2D eigenvalue weighted by molar-refractivity contribution is -0.115. The maximum Gasteiger partial charge on any atom is 0.316 e. The number of fused-ring (bicyclic) bond motifs is 1. The number of nitrogens with one attached hydrogen (secondary N) is 1. The number of ether oxygens (including phenoxy) is 1. The molecule has 2 heterocycles. The predicted molar refractivity (Wildman–Crippen MR) is 74.9 cm³/mol. The monoisotopic (exact) mass is 284 g/mol. The summed E-state index contributed by atoms with van der Waals surface area (Å²) in [6.07, 6.45) is 3.07. The van der Waals surface area contributed by atoms with Gasteiger partial charge in [-0.15, -0.1) is 0 Å². The van der Waals surface area contributed by atoms with Crippen LogP contribution in [0.3, 0.4) is 0 Å². The zero-order chi connectivity index (χ0) is 14.7. The lowest BCUT2D eigenvalue weighted by atomic mass is 10.1. The smallest absolute Gasteiger partial charge is 0.316 e. The zero-order valence-electron chi connectivity index (χ0n) is 11.2. The molecule has 2 aromatic heterocycles. The third-order valence-electron chi connectivity index (χ3n) is 2.87. The Labute approximate surface area is 119 Å². The Kier molecular flexibility index (Phi) is 3.46. The van der Waals surface area contributed by atoms with Crippen molar-refractivity contribution >= 4 is 22.6 Å². The second-order valence-corrected chi connectivity index (χ2v) is 4.31. The number of methoxy groups -OCH3 is 1. The van der Waals surface area contributed by atoms with Crippen LogP contribution in [0, 0.1) is 0 Å². The van der Waals surface area contributed by atoms with Crippen molar-refractivity contribution in [2.75, 3.05) is 12.4 Å². The minimum Gasteiger partial charge on any atom is -0.467 e. The molecule has 1 N–H and O–H groups in total. The molecule has 0 aliphatic carbocycles. The molecule has 7 heteroatoms. The van der Waals surface area contributed by atoms with E-state index in [0.717, 1.165) is 5.39 Å². The van der Waals surface area contributed by atoms with E-state index in [2.05, 4.69) is 20.4 Å². The van der Waals surface area contributed by atoms with Crippen molar-refractivity contribution in [3.8, 4) is 6.01 Å². The molecule has 1 aromatic carbocycles. The van der Waals surface area contributed by atoms with Crippen molar-refractivity contribution in [1.82, 2.24) is 15.1 Å². The van der Waals surface area contributed by atoms with Crippen LogP contribution >= 0.6 is 0 Å². The Morgan fingerprint density at radius 3 is 2.81 bits per heavy atom. The number of carbonyl (C=O) groups is 1. The van der Waals surface area contributed by atoms with Crippen molar-refractivity contribution in [3.63, 3.8) is 0 Å². The summed E-state index contributed by atoms with van der Waals surface area (Å²) < 4.78 is 10.0. The molecule has 0 fully saturated rings. The van der Waals surface area contributed by atoms with Crippen molar-refractivity contribution in [3.05, 3.63) is 42.4 Å². The summed E-state index contributed by atoms with van der Waals surface area (Å²) in [6, 6.07) is 7.64. The number of aromatic nitrogens is 3. The Hall–Kier alpha value is -2.96. The Balaban J connectivity index is 1.71. The van der Waals surface area contributed by atoms with E-state index in [1.807, 2.05) is 18.2 Å². The maximum atomic E-state index is 12.0. The quantitative estimate of drug-likeness (QED) is 0.785. The summed E-state index contributed by atoms with van der Waals surface area (Å²) >= 11 is 0. The van der Waals surface area contributed by atoms with Crippen LogP contribution in [0.4, 0.5) is 5.69 Å². The molecule has 0 spiro atoms. The van der Waals surface area contributed by atoms with Gasteiger partial charge in [-0.2, -0.15) is 0 Å². The zero-order valence-corrected chi connectivity index (χ0v) is 11.2. The number of nitrogens with zero attached hydrogens (tertiary/aromatic N) is 3. The van der Waals surface area contributed by atoms with E-state index in [1.54, 1.807) is 6.07 Å². The van der Waals surface area contributed by atoms with Crippen LogP contribution in [0.15, 0.2) is 41.2 Å². The van der Waals surface area contributed by atoms with Crippen LogP contribution in [0.25, 0.3) is 11.0 Å². The third-order valence-corrected chi connectivity index (χ3v) is 2.87. The minimum atomic E-state index is -0.220. The number of hydrogen-bond donors (Lipinski definition) is 1. The fourth-order valence-corrected chi connectivity index (χ4v) is 1.91. The largest absolute Gasteiger partial charge is 0.467 e.